The molecule has 0 aliphatic carbocycles. The minimum Gasteiger partial charge on any atom is -0.463 e. The zero-order chi connectivity index (χ0) is 26.9. The molecule has 10 heteroatoms. The maximum Gasteiger partial charge on any atom is 0.316 e. The van der Waals surface area contributed by atoms with Gasteiger partial charge in [0.1, 0.15) is 12.4 Å². The van der Waals surface area contributed by atoms with Crippen LogP contribution in [0.5, 0.6) is 5.75 Å². The normalized spacial score (nSPS) is 15.5. The first-order chi connectivity index (χ1) is 17.6. The fourth-order valence-corrected chi connectivity index (χ4v) is 3.98. The van der Waals surface area contributed by atoms with Gasteiger partial charge in [-0.05, 0) is 49.2 Å². The molecule has 0 saturated heterocycles. The van der Waals surface area contributed by atoms with Crippen molar-refractivity contribution in [1.82, 2.24) is 5.32 Å². The summed E-state index contributed by atoms with van der Waals surface area (Å²) in [4.78, 5) is 10.9. The van der Waals surface area contributed by atoms with Gasteiger partial charge in [-0.3, -0.25) is 0 Å². The van der Waals surface area contributed by atoms with Crippen LogP contribution in [0.2, 0.25) is 0 Å². The van der Waals surface area contributed by atoms with E-state index in [1.54, 1.807) is 0 Å². The Morgan fingerprint density at radius 1 is 1.19 bits per heavy atom. The minimum absolute atomic E-state index is 0.210. The van der Waals surface area contributed by atoms with Gasteiger partial charge in [0.05, 0.1) is 12.7 Å². The first kappa shape index (κ1) is 28.8. The molecule has 2 aromatic rings. The highest BCUT2D eigenvalue weighted by molar-refractivity contribution is 5.87. The van der Waals surface area contributed by atoms with Gasteiger partial charge in [-0.2, -0.15) is 8.78 Å². The summed E-state index contributed by atoms with van der Waals surface area (Å²) >= 11 is 0. The van der Waals surface area contributed by atoms with E-state index in [4.69, 9.17) is 19.9 Å². The van der Waals surface area contributed by atoms with Crippen molar-refractivity contribution in [2.24, 2.45) is 5.73 Å². The molecular formula is C27H37F2N3O5. The lowest BCUT2D eigenvalue weighted by molar-refractivity contribution is -0.180. The standard InChI is InChI=1S/C27H37F2N3O5/c1-26(2)36-17-20-14-19(10-11-24(20)37-26)23(33)16-31-12-5-3-4-6-13-35-18-27(28,29)21-8-7-9-22(15-21)32-25(30)34/h7-11,14-15,23,31,33H,3-6,12-13,16-18H2,1-2H3,(H3,30,32,34). The Morgan fingerprint density at radius 2 is 1.97 bits per heavy atom. The van der Waals surface area contributed by atoms with E-state index < -0.39 is 30.5 Å². The van der Waals surface area contributed by atoms with Crippen molar-refractivity contribution in [2.75, 3.05) is 31.6 Å². The Kier molecular flexibility index (Phi) is 10.2. The largest absolute Gasteiger partial charge is 0.463 e. The molecule has 2 amide bonds. The van der Waals surface area contributed by atoms with Crippen LogP contribution in [-0.2, 0) is 22.0 Å². The second-order valence-corrected chi connectivity index (χ2v) is 9.62. The summed E-state index contributed by atoms with van der Waals surface area (Å²) in [5, 5.41) is 16.0. The number of aliphatic hydroxyl groups excluding tert-OH is 1. The Labute approximate surface area is 216 Å². The zero-order valence-corrected chi connectivity index (χ0v) is 21.4. The van der Waals surface area contributed by atoms with Crippen molar-refractivity contribution in [3.63, 3.8) is 0 Å². The molecule has 1 atom stereocenters. The van der Waals surface area contributed by atoms with Crippen LogP contribution < -0.4 is 21.1 Å². The van der Waals surface area contributed by atoms with Crippen molar-refractivity contribution in [2.45, 2.75) is 64.0 Å². The molecular weight excluding hydrogens is 484 g/mol. The first-order valence-electron chi connectivity index (χ1n) is 12.5. The van der Waals surface area contributed by atoms with Crippen molar-refractivity contribution in [1.29, 1.82) is 0 Å². The number of aliphatic hydroxyl groups is 1. The summed E-state index contributed by atoms with van der Waals surface area (Å²) in [6.07, 6.45) is 2.73. The van der Waals surface area contributed by atoms with Crippen LogP contribution in [0.4, 0.5) is 19.3 Å². The van der Waals surface area contributed by atoms with Gasteiger partial charge in [-0.15, -0.1) is 0 Å². The smallest absolute Gasteiger partial charge is 0.316 e. The number of carbonyl (C=O) groups excluding carboxylic acids is 1. The van der Waals surface area contributed by atoms with Crippen LogP contribution >= 0.6 is 0 Å². The molecule has 5 N–H and O–H groups in total. The predicted molar refractivity (Wildman–Crippen MR) is 137 cm³/mol. The van der Waals surface area contributed by atoms with Crippen molar-refractivity contribution in [3.8, 4) is 5.75 Å². The van der Waals surface area contributed by atoms with E-state index in [2.05, 4.69) is 10.6 Å². The van der Waals surface area contributed by atoms with Gasteiger partial charge in [0, 0.05) is 43.8 Å². The highest BCUT2D eigenvalue weighted by atomic mass is 19.3. The van der Waals surface area contributed by atoms with Crippen molar-refractivity contribution < 1.29 is 32.9 Å². The van der Waals surface area contributed by atoms with Gasteiger partial charge in [0.15, 0.2) is 0 Å². The lowest BCUT2D eigenvalue weighted by Crippen LogP contribution is -2.35. The zero-order valence-electron chi connectivity index (χ0n) is 21.4. The maximum absolute atomic E-state index is 14.4. The Morgan fingerprint density at radius 3 is 2.76 bits per heavy atom. The van der Waals surface area contributed by atoms with Gasteiger partial charge >= 0.3 is 6.03 Å². The molecule has 1 heterocycles. The number of amides is 2. The lowest BCUT2D eigenvalue weighted by atomic mass is 10.0. The van der Waals surface area contributed by atoms with E-state index in [-0.39, 0.29) is 17.9 Å². The third-order valence-corrected chi connectivity index (χ3v) is 5.97. The van der Waals surface area contributed by atoms with Crippen LogP contribution in [0.1, 0.15) is 62.3 Å². The molecule has 1 aliphatic heterocycles. The Bertz CT molecular complexity index is 1030. The average molecular weight is 522 g/mol. The summed E-state index contributed by atoms with van der Waals surface area (Å²) in [7, 11) is 0. The van der Waals surface area contributed by atoms with Crippen LogP contribution in [0, 0.1) is 0 Å². The van der Waals surface area contributed by atoms with E-state index in [1.807, 2.05) is 32.0 Å². The molecule has 204 valence electrons. The molecule has 1 aliphatic rings. The highest BCUT2D eigenvalue weighted by Gasteiger charge is 2.32. The number of hydrogen-bond acceptors (Lipinski definition) is 6. The van der Waals surface area contributed by atoms with E-state index in [1.165, 1.54) is 24.3 Å². The number of ether oxygens (including phenoxy) is 3. The van der Waals surface area contributed by atoms with E-state index >= 15 is 0 Å². The van der Waals surface area contributed by atoms with Gasteiger partial charge in [0.25, 0.3) is 5.92 Å². The number of halogens is 2. The number of benzene rings is 2. The molecule has 2 aromatic carbocycles. The number of urea groups is 1. The summed E-state index contributed by atoms with van der Waals surface area (Å²) in [5.74, 6) is -3.04. The molecule has 0 aromatic heterocycles. The lowest BCUT2D eigenvalue weighted by Gasteiger charge is -2.33. The number of alkyl halides is 2. The summed E-state index contributed by atoms with van der Waals surface area (Å²) in [5.41, 5.74) is 6.72. The third kappa shape index (κ3) is 9.23. The maximum atomic E-state index is 14.4. The van der Waals surface area contributed by atoms with Crippen LogP contribution in [0.25, 0.3) is 0 Å². The average Bonchev–Trinajstić information content (AvgIpc) is 2.84. The summed E-state index contributed by atoms with van der Waals surface area (Å²) < 4.78 is 45.4. The van der Waals surface area contributed by atoms with Crippen LogP contribution in [0.3, 0.4) is 0 Å². The Balaban J connectivity index is 1.25. The van der Waals surface area contributed by atoms with Crippen LogP contribution in [0.15, 0.2) is 42.5 Å². The van der Waals surface area contributed by atoms with Gasteiger partial charge < -0.3 is 35.7 Å². The number of anilines is 1. The third-order valence-electron chi connectivity index (χ3n) is 5.97. The molecule has 3 rings (SSSR count). The van der Waals surface area contributed by atoms with Gasteiger partial charge in [-0.25, -0.2) is 4.79 Å². The number of unbranched alkanes of at least 4 members (excludes halogenated alkanes) is 3. The second kappa shape index (κ2) is 13.1. The number of hydrogen-bond donors (Lipinski definition) is 4. The van der Waals surface area contributed by atoms with Gasteiger partial charge in [-0.1, -0.05) is 31.0 Å². The van der Waals surface area contributed by atoms with Crippen molar-refractivity contribution >= 4 is 11.7 Å². The number of nitrogens with one attached hydrogen (secondary N) is 2. The summed E-state index contributed by atoms with van der Waals surface area (Å²) in [6.45, 7) is 4.86. The fraction of sp³-hybridized carbons (Fsp3) is 0.519. The molecule has 8 nitrogen and oxygen atoms in total. The summed E-state index contributed by atoms with van der Waals surface area (Å²) in [6, 6.07) is 10.2. The minimum atomic E-state index is -3.17. The molecule has 0 fully saturated rings. The monoisotopic (exact) mass is 521 g/mol. The highest BCUT2D eigenvalue weighted by Crippen LogP contribution is 2.33. The molecule has 37 heavy (non-hydrogen) atoms. The van der Waals surface area contributed by atoms with E-state index in [9.17, 15) is 18.7 Å². The molecule has 0 spiro atoms. The first-order valence-corrected chi connectivity index (χ1v) is 12.5. The molecule has 1 unspecified atom stereocenters. The number of primary amides is 1. The van der Waals surface area contributed by atoms with Crippen LogP contribution in [-0.4, -0.2) is 43.2 Å². The fourth-order valence-electron chi connectivity index (χ4n) is 3.98. The quantitative estimate of drug-likeness (QED) is 0.265. The second-order valence-electron chi connectivity index (χ2n) is 9.62. The number of fused-ring (bicyclic) bond motifs is 1. The predicted octanol–water partition coefficient (Wildman–Crippen LogP) is 4.81. The molecule has 0 saturated carbocycles. The van der Waals surface area contributed by atoms with E-state index in [0.717, 1.165) is 42.7 Å². The Hall–Kier alpha value is -2.79. The SMILES string of the molecule is CC1(C)OCc2cc(C(O)CNCCCCCCOCC(F)(F)c3cccc(NC(N)=O)c3)ccc2O1. The molecule has 0 radical (unpaired) electrons. The molecule has 0 bridgehead atoms. The number of nitrogens with two attached hydrogens (primary N) is 1. The van der Waals surface area contributed by atoms with E-state index in [0.29, 0.717) is 19.6 Å². The number of carbonyl (C=O) groups is 1. The topological polar surface area (TPSA) is 115 Å². The van der Waals surface area contributed by atoms with Gasteiger partial charge in [0.2, 0.25) is 5.79 Å². The number of rotatable bonds is 14. The van der Waals surface area contributed by atoms with Crippen molar-refractivity contribution in [3.05, 3.63) is 59.2 Å².